The van der Waals surface area contributed by atoms with Gasteiger partial charge in [0.2, 0.25) is 0 Å². The van der Waals surface area contributed by atoms with E-state index < -0.39 is 0 Å². The molecule has 1 aromatic heterocycles. The summed E-state index contributed by atoms with van der Waals surface area (Å²) in [6.45, 7) is 7.59. The van der Waals surface area contributed by atoms with Crippen molar-refractivity contribution in [1.82, 2.24) is 9.55 Å². The zero-order valence-electron chi connectivity index (χ0n) is 14.6. The fourth-order valence-electron chi connectivity index (χ4n) is 3.06. The third-order valence-electron chi connectivity index (χ3n) is 4.49. The highest BCUT2D eigenvalue weighted by molar-refractivity contribution is 5.77. The SMILES string of the molecule is CC(C)(C)c1ccc(OC[C@@H]2Cn3c(nc4ccc(F)cc43)O2)cc1. The van der Waals surface area contributed by atoms with E-state index in [0.29, 0.717) is 19.2 Å². The van der Waals surface area contributed by atoms with Gasteiger partial charge in [-0.1, -0.05) is 32.9 Å². The molecule has 25 heavy (non-hydrogen) atoms. The summed E-state index contributed by atoms with van der Waals surface area (Å²) in [6, 6.07) is 13.2. The van der Waals surface area contributed by atoms with Gasteiger partial charge in [-0.25, -0.2) is 4.39 Å². The maximum atomic E-state index is 13.5. The number of hydrogen-bond acceptors (Lipinski definition) is 3. The number of aromatic nitrogens is 2. The van der Waals surface area contributed by atoms with Gasteiger partial charge < -0.3 is 9.47 Å². The minimum atomic E-state index is -0.270. The molecule has 1 aliphatic rings. The van der Waals surface area contributed by atoms with Gasteiger partial charge in [-0.15, -0.1) is 0 Å². The Hall–Kier alpha value is -2.56. The number of imidazole rings is 1. The van der Waals surface area contributed by atoms with E-state index in [1.165, 1.54) is 17.7 Å². The summed E-state index contributed by atoms with van der Waals surface area (Å²) in [5.74, 6) is 0.547. The molecule has 2 heterocycles. The molecule has 5 heteroatoms. The predicted molar refractivity (Wildman–Crippen MR) is 94.7 cm³/mol. The first-order valence-corrected chi connectivity index (χ1v) is 8.46. The van der Waals surface area contributed by atoms with Crippen LogP contribution in [0.1, 0.15) is 26.3 Å². The van der Waals surface area contributed by atoms with Crippen LogP contribution in [0.2, 0.25) is 0 Å². The van der Waals surface area contributed by atoms with Crippen LogP contribution in [0.5, 0.6) is 11.8 Å². The van der Waals surface area contributed by atoms with Crippen molar-refractivity contribution >= 4 is 11.0 Å². The summed E-state index contributed by atoms with van der Waals surface area (Å²) in [5, 5.41) is 0. The van der Waals surface area contributed by atoms with Gasteiger partial charge in [0.15, 0.2) is 6.10 Å². The Bertz CT molecular complexity index is 910. The standard InChI is InChI=1S/C20H21FN2O2/c1-20(2,3)13-4-7-15(8-5-13)24-12-16-11-23-18-10-14(21)6-9-17(18)22-19(23)25-16/h4-10,16H,11-12H2,1-3H3/t16-/m0/s1. The zero-order chi connectivity index (χ0) is 17.6. The molecule has 4 nitrogen and oxygen atoms in total. The molecule has 0 spiro atoms. The van der Waals surface area contributed by atoms with Crippen LogP contribution in [0.4, 0.5) is 4.39 Å². The van der Waals surface area contributed by atoms with Gasteiger partial charge in [0.25, 0.3) is 6.01 Å². The van der Waals surface area contributed by atoms with Crippen molar-refractivity contribution in [2.75, 3.05) is 6.61 Å². The molecule has 0 bridgehead atoms. The monoisotopic (exact) mass is 340 g/mol. The fraction of sp³-hybridized carbons (Fsp3) is 0.350. The van der Waals surface area contributed by atoms with Crippen LogP contribution in [0.15, 0.2) is 42.5 Å². The van der Waals surface area contributed by atoms with E-state index in [-0.39, 0.29) is 17.3 Å². The highest BCUT2D eigenvalue weighted by Gasteiger charge is 2.27. The molecule has 130 valence electrons. The first kappa shape index (κ1) is 15.9. The molecule has 0 saturated carbocycles. The molecule has 0 unspecified atom stereocenters. The molecular weight excluding hydrogens is 319 g/mol. The molecule has 0 radical (unpaired) electrons. The van der Waals surface area contributed by atoms with Crippen LogP contribution in [-0.2, 0) is 12.0 Å². The summed E-state index contributed by atoms with van der Waals surface area (Å²) in [6.07, 6.45) is -0.127. The van der Waals surface area contributed by atoms with Gasteiger partial charge in [-0.3, -0.25) is 4.57 Å². The van der Waals surface area contributed by atoms with E-state index in [9.17, 15) is 4.39 Å². The Kier molecular flexibility index (Phi) is 3.67. The summed E-state index contributed by atoms with van der Waals surface area (Å²) in [4.78, 5) is 4.40. The van der Waals surface area contributed by atoms with Crippen molar-refractivity contribution in [1.29, 1.82) is 0 Å². The molecule has 1 atom stereocenters. The fourth-order valence-corrected chi connectivity index (χ4v) is 3.06. The Morgan fingerprint density at radius 3 is 2.68 bits per heavy atom. The molecule has 0 aliphatic carbocycles. The number of hydrogen-bond donors (Lipinski definition) is 0. The van der Waals surface area contributed by atoms with Crippen LogP contribution in [0.3, 0.4) is 0 Å². The number of ether oxygens (including phenoxy) is 2. The van der Waals surface area contributed by atoms with E-state index in [4.69, 9.17) is 9.47 Å². The number of nitrogens with zero attached hydrogens (tertiary/aromatic N) is 2. The third kappa shape index (κ3) is 3.06. The Morgan fingerprint density at radius 1 is 1.20 bits per heavy atom. The van der Waals surface area contributed by atoms with Crippen molar-refractivity contribution in [2.24, 2.45) is 0 Å². The van der Waals surface area contributed by atoms with Crippen molar-refractivity contribution in [3.8, 4) is 11.8 Å². The second-order valence-electron chi connectivity index (χ2n) is 7.46. The lowest BCUT2D eigenvalue weighted by molar-refractivity contribution is 0.144. The van der Waals surface area contributed by atoms with Gasteiger partial charge in [-0.2, -0.15) is 4.98 Å². The van der Waals surface area contributed by atoms with Crippen LogP contribution in [0, 0.1) is 5.82 Å². The molecule has 0 N–H and O–H groups in total. The summed E-state index contributed by atoms with van der Waals surface area (Å²) in [7, 11) is 0. The predicted octanol–water partition coefficient (Wildman–Crippen LogP) is 4.31. The first-order valence-electron chi connectivity index (χ1n) is 8.46. The molecular formula is C20H21FN2O2. The maximum absolute atomic E-state index is 13.5. The highest BCUT2D eigenvalue weighted by Crippen LogP contribution is 2.29. The van der Waals surface area contributed by atoms with Gasteiger partial charge in [0.05, 0.1) is 17.6 Å². The summed E-state index contributed by atoms with van der Waals surface area (Å²) >= 11 is 0. The van der Waals surface area contributed by atoms with Gasteiger partial charge in [0, 0.05) is 0 Å². The van der Waals surface area contributed by atoms with Crippen LogP contribution < -0.4 is 9.47 Å². The molecule has 1 aliphatic heterocycles. The Labute approximate surface area is 146 Å². The van der Waals surface area contributed by atoms with E-state index in [0.717, 1.165) is 16.8 Å². The van der Waals surface area contributed by atoms with Crippen molar-refractivity contribution < 1.29 is 13.9 Å². The zero-order valence-corrected chi connectivity index (χ0v) is 14.6. The molecule has 0 fully saturated rings. The quantitative estimate of drug-likeness (QED) is 0.713. The van der Waals surface area contributed by atoms with Gasteiger partial charge in [-0.05, 0) is 41.3 Å². The van der Waals surface area contributed by atoms with Crippen molar-refractivity contribution in [2.45, 2.75) is 38.8 Å². The lowest BCUT2D eigenvalue weighted by Gasteiger charge is -2.19. The van der Waals surface area contributed by atoms with E-state index in [1.54, 1.807) is 6.07 Å². The van der Waals surface area contributed by atoms with Crippen LogP contribution >= 0.6 is 0 Å². The number of rotatable bonds is 3. The second kappa shape index (κ2) is 5.76. The van der Waals surface area contributed by atoms with Crippen LogP contribution in [0.25, 0.3) is 11.0 Å². The lowest BCUT2D eigenvalue weighted by atomic mass is 9.87. The lowest BCUT2D eigenvalue weighted by Crippen LogP contribution is -2.23. The normalized spacial score (nSPS) is 16.7. The van der Waals surface area contributed by atoms with Crippen LogP contribution in [-0.4, -0.2) is 22.3 Å². The number of halogens is 1. The smallest absolute Gasteiger partial charge is 0.297 e. The van der Waals surface area contributed by atoms with Gasteiger partial charge >= 0.3 is 0 Å². The first-order chi connectivity index (χ1) is 11.9. The minimum absolute atomic E-state index is 0.124. The topological polar surface area (TPSA) is 36.3 Å². The average molecular weight is 340 g/mol. The van der Waals surface area contributed by atoms with E-state index in [1.807, 2.05) is 16.7 Å². The maximum Gasteiger partial charge on any atom is 0.297 e. The molecule has 0 saturated heterocycles. The molecule has 4 rings (SSSR count). The Balaban J connectivity index is 1.42. The van der Waals surface area contributed by atoms with E-state index in [2.05, 4.69) is 37.9 Å². The summed E-state index contributed by atoms with van der Waals surface area (Å²) < 4.78 is 27.0. The van der Waals surface area contributed by atoms with Gasteiger partial charge in [0.1, 0.15) is 18.2 Å². The Morgan fingerprint density at radius 2 is 1.96 bits per heavy atom. The number of benzene rings is 2. The molecule has 2 aromatic carbocycles. The number of fused-ring (bicyclic) bond motifs is 3. The molecule has 0 amide bonds. The minimum Gasteiger partial charge on any atom is -0.490 e. The average Bonchev–Trinajstić information content (AvgIpc) is 3.10. The highest BCUT2D eigenvalue weighted by atomic mass is 19.1. The second-order valence-corrected chi connectivity index (χ2v) is 7.46. The summed E-state index contributed by atoms with van der Waals surface area (Å²) in [5.41, 5.74) is 2.89. The van der Waals surface area contributed by atoms with Crippen molar-refractivity contribution in [3.05, 3.63) is 53.8 Å². The van der Waals surface area contributed by atoms with E-state index >= 15 is 0 Å². The third-order valence-corrected chi connectivity index (χ3v) is 4.49. The largest absolute Gasteiger partial charge is 0.490 e. The van der Waals surface area contributed by atoms with Crippen molar-refractivity contribution in [3.63, 3.8) is 0 Å². The molecule has 3 aromatic rings.